The van der Waals surface area contributed by atoms with Gasteiger partial charge in [0.05, 0.1) is 6.54 Å². The molecule has 0 spiro atoms. The lowest BCUT2D eigenvalue weighted by Crippen LogP contribution is -2.45. The van der Waals surface area contributed by atoms with E-state index in [4.69, 9.17) is 0 Å². The first kappa shape index (κ1) is 37.4. The number of piperidine rings is 1. The molecular weight excluding hydrogens is 490 g/mol. The molecule has 0 N–H and O–H groups in total. The van der Waals surface area contributed by atoms with E-state index in [0.29, 0.717) is 12.5 Å². The van der Waals surface area contributed by atoms with Crippen molar-refractivity contribution < 1.29 is 4.79 Å². The fraction of sp³-hybridized carbons (Fsp3) is 0.972. The maximum Gasteiger partial charge on any atom is 0.236 e. The molecule has 0 aliphatic carbocycles. The van der Waals surface area contributed by atoms with Crippen molar-refractivity contribution in [2.75, 3.05) is 52.4 Å². The van der Waals surface area contributed by atoms with E-state index in [1.54, 1.807) is 0 Å². The van der Waals surface area contributed by atoms with Gasteiger partial charge in [-0.3, -0.25) is 9.69 Å². The molecule has 1 fully saturated rings. The topological polar surface area (TPSA) is 26.8 Å². The Morgan fingerprint density at radius 2 is 0.800 bits per heavy atom. The first-order chi connectivity index (χ1) is 19.7. The highest BCUT2D eigenvalue weighted by atomic mass is 16.2. The van der Waals surface area contributed by atoms with Gasteiger partial charge in [-0.05, 0) is 58.2 Å². The third kappa shape index (κ3) is 22.0. The quantitative estimate of drug-likeness (QED) is 0.0847. The Bertz CT molecular complexity index is 516. The maximum absolute atomic E-state index is 13.2. The van der Waals surface area contributed by atoms with Crippen LogP contribution in [-0.4, -0.2) is 73.0 Å². The molecule has 1 amide bonds. The smallest absolute Gasteiger partial charge is 0.236 e. The molecule has 4 nitrogen and oxygen atoms in total. The molecule has 0 aromatic heterocycles. The molecule has 0 atom stereocenters. The molecule has 40 heavy (non-hydrogen) atoms. The van der Waals surface area contributed by atoms with Crippen LogP contribution in [0.15, 0.2) is 0 Å². The van der Waals surface area contributed by atoms with E-state index in [0.717, 1.165) is 32.7 Å². The van der Waals surface area contributed by atoms with Crippen molar-refractivity contribution in [1.29, 1.82) is 0 Å². The molecule has 0 unspecified atom stereocenters. The average Bonchev–Trinajstić information content (AvgIpc) is 2.98. The Labute approximate surface area is 252 Å². The highest BCUT2D eigenvalue weighted by molar-refractivity contribution is 5.78. The minimum atomic E-state index is 0.383. The fourth-order valence-electron chi connectivity index (χ4n) is 6.20. The van der Waals surface area contributed by atoms with E-state index in [1.807, 2.05) is 0 Å². The number of nitrogens with zero attached hydrogens (tertiary/aromatic N) is 3. The number of unbranched alkanes of at least 4 members (excludes halogenated alkanes) is 18. The van der Waals surface area contributed by atoms with Crippen LogP contribution in [0.25, 0.3) is 0 Å². The van der Waals surface area contributed by atoms with E-state index >= 15 is 0 Å². The van der Waals surface area contributed by atoms with Gasteiger partial charge in [-0.2, -0.15) is 0 Å². The lowest BCUT2D eigenvalue weighted by atomic mass is 10.1. The lowest BCUT2D eigenvalue weighted by molar-refractivity contribution is -0.133. The monoisotopic (exact) mass is 564 g/mol. The van der Waals surface area contributed by atoms with Gasteiger partial charge in [-0.25, -0.2) is 0 Å². The molecule has 0 aromatic rings. The van der Waals surface area contributed by atoms with Gasteiger partial charge in [-0.1, -0.05) is 136 Å². The second kappa shape index (κ2) is 28.5. The van der Waals surface area contributed by atoms with Gasteiger partial charge < -0.3 is 9.80 Å². The number of likely N-dealkylation sites (tertiary alicyclic amines) is 1. The Balaban J connectivity index is 2.54. The van der Waals surface area contributed by atoms with Crippen molar-refractivity contribution >= 4 is 5.91 Å². The van der Waals surface area contributed by atoms with Crippen LogP contribution in [-0.2, 0) is 4.79 Å². The summed E-state index contributed by atoms with van der Waals surface area (Å²) in [6, 6.07) is 0. The summed E-state index contributed by atoms with van der Waals surface area (Å²) < 4.78 is 0. The van der Waals surface area contributed by atoms with Crippen molar-refractivity contribution in [1.82, 2.24) is 14.7 Å². The van der Waals surface area contributed by atoms with Crippen LogP contribution in [0.1, 0.15) is 175 Å². The maximum atomic E-state index is 13.2. The lowest BCUT2D eigenvalue weighted by Gasteiger charge is -2.31. The Morgan fingerprint density at radius 3 is 1.23 bits per heavy atom. The summed E-state index contributed by atoms with van der Waals surface area (Å²) >= 11 is 0. The molecule has 1 saturated heterocycles. The van der Waals surface area contributed by atoms with Gasteiger partial charge in [0.15, 0.2) is 0 Å². The summed E-state index contributed by atoms with van der Waals surface area (Å²) in [6.45, 7) is 15.3. The predicted octanol–water partition coefficient (Wildman–Crippen LogP) is 9.85. The molecule has 4 heteroatoms. The van der Waals surface area contributed by atoms with E-state index < -0.39 is 0 Å². The number of carbonyl (C=O) groups excluding carboxylic acids is 1. The third-order valence-electron chi connectivity index (χ3n) is 9.03. The molecule has 0 saturated carbocycles. The summed E-state index contributed by atoms with van der Waals surface area (Å²) in [7, 11) is 0. The minimum Gasteiger partial charge on any atom is -0.342 e. The largest absolute Gasteiger partial charge is 0.342 e. The number of carbonyl (C=O) groups is 1. The Morgan fingerprint density at radius 1 is 0.450 bits per heavy atom. The van der Waals surface area contributed by atoms with Gasteiger partial charge >= 0.3 is 0 Å². The first-order valence-electron chi connectivity index (χ1n) is 18.4. The van der Waals surface area contributed by atoms with Gasteiger partial charge in [0, 0.05) is 26.2 Å². The molecule has 1 rings (SSSR count). The van der Waals surface area contributed by atoms with Crippen LogP contribution >= 0.6 is 0 Å². The van der Waals surface area contributed by atoms with Gasteiger partial charge in [0.25, 0.3) is 0 Å². The summed E-state index contributed by atoms with van der Waals surface area (Å²) in [4.78, 5) is 20.6. The zero-order valence-corrected chi connectivity index (χ0v) is 27.9. The Kier molecular flexibility index (Phi) is 26.7. The number of hydrogen-bond donors (Lipinski definition) is 0. The zero-order chi connectivity index (χ0) is 28.9. The number of rotatable bonds is 29. The van der Waals surface area contributed by atoms with Crippen LogP contribution in [0, 0.1) is 0 Å². The minimum absolute atomic E-state index is 0.383. The van der Waals surface area contributed by atoms with E-state index in [9.17, 15) is 4.79 Å². The van der Waals surface area contributed by atoms with Crippen LogP contribution in [0.2, 0.25) is 0 Å². The second-order valence-corrected chi connectivity index (χ2v) is 12.9. The predicted molar refractivity (Wildman–Crippen MR) is 177 cm³/mol. The molecule has 0 bridgehead atoms. The molecule has 1 heterocycles. The summed E-state index contributed by atoms with van der Waals surface area (Å²) in [5.74, 6) is 0.383. The van der Waals surface area contributed by atoms with Crippen LogP contribution in [0.3, 0.4) is 0 Å². The van der Waals surface area contributed by atoms with Crippen LogP contribution in [0.4, 0.5) is 0 Å². The normalized spacial score (nSPS) is 14.1. The van der Waals surface area contributed by atoms with Gasteiger partial charge in [0.2, 0.25) is 5.91 Å². The fourth-order valence-corrected chi connectivity index (χ4v) is 6.20. The molecule has 0 radical (unpaired) electrons. The number of hydrogen-bond acceptors (Lipinski definition) is 3. The van der Waals surface area contributed by atoms with Gasteiger partial charge in [0.1, 0.15) is 0 Å². The third-order valence-corrected chi connectivity index (χ3v) is 9.03. The summed E-state index contributed by atoms with van der Waals surface area (Å²) in [6.07, 6.45) is 32.4. The van der Waals surface area contributed by atoms with Gasteiger partial charge in [-0.15, -0.1) is 0 Å². The number of amides is 1. The standard InChI is InChI=1S/C36H73N3O/c1-4-7-10-13-16-19-23-28-37(29-24-20-17-14-11-8-5-2)33-34-38(30-25-21-18-15-12-9-6-3)35-36(40)39-31-26-22-27-32-39/h4-35H2,1-3H3. The zero-order valence-electron chi connectivity index (χ0n) is 27.9. The highest BCUT2D eigenvalue weighted by Gasteiger charge is 2.20. The average molecular weight is 564 g/mol. The van der Waals surface area contributed by atoms with Crippen molar-refractivity contribution in [3.8, 4) is 0 Å². The summed E-state index contributed by atoms with van der Waals surface area (Å²) in [5, 5.41) is 0. The van der Waals surface area contributed by atoms with Crippen LogP contribution < -0.4 is 0 Å². The SMILES string of the molecule is CCCCCCCCCN(CCCCCCCCC)CCN(CCCCCCCCC)CC(=O)N1CCCCC1. The highest BCUT2D eigenvalue weighted by Crippen LogP contribution is 2.13. The van der Waals surface area contributed by atoms with Crippen molar-refractivity contribution in [3.63, 3.8) is 0 Å². The molecule has 0 aromatic carbocycles. The molecule has 1 aliphatic heterocycles. The van der Waals surface area contributed by atoms with Crippen molar-refractivity contribution in [3.05, 3.63) is 0 Å². The summed E-state index contributed by atoms with van der Waals surface area (Å²) in [5.41, 5.74) is 0. The second-order valence-electron chi connectivity index (χ2n) is 12.9. The first-order valence-corrected chi connectivity index (χ1v) is 18.4. The van der Waals surface area contributed by atoms with Crippen molar-refractivity contribution in [2.24, 2.45) is 0 Å². The molecule has 238 valence electrons. The van der Waals surface area contributed by atoms with Crippen molar-refractivity contribution in [2.45, 2.75) is 175 Å². The van der Waals surface area contributed by atoms with E-state index in [2.05, 4.69) is 35.5 Å². The molecular formula is C36H73N3O. The van der Waals surface area contributed by atoms with Crippen LogP contribution in [0.5, 0.6) is 0 Å². The molecule has 1 aliphatic rings. The van der Waals surface area contributed by atoms with E-state index in [1.165, 1.54) is 167 Å². The van der Waals surface area contributed by atoms with E-state index in [-0.39, 0.29) is 0 Å². The Hall–Kier alpha value is -0.610.